The lowest BCUT2D eigenvalue weighted by Gasteiger charge is -2.24. The average molecular weight is 840 g/mol. The van der Waals surface area contributed by atoms with Crippen molar-refractivity contribution in [2.45, 2.75) is 150 Å². The summed E-state index contributed by atoms with van der Waals surface area (Å²) in [5.74, 6) is 0.743. The second kappa shape index (κ2) is 21.8. The molecule has 2 aromatic heterocycles. The Hall–Kier alpha value is -5.29. The van der Waals surface area contributed by atoms with Crippen LogP contribution in [-0.4, -0.2) is 127 Å². The molecule has 2 aromatic rings. The Kier molecular flexibility index (Phi) is 17.8. The van der Waals surface area contributed by atoms with E-state index in [0.717, 1.165) is 61.7 Å². The first kappa shape index (κ1) is 49.1. The van der Waals surface area contributed by atoms with Crippen molar-refractivity contribution in [3.63, 3.8) is 0 Å². The zero-order chi connectivity index (χ0) is 44.9. The molecule has 0 bridgehead atoms. The quantitative estimate of drug-likeness (QED) is 0.206. The Morgan fingerprint density at radius 3 is 1.57 bits per heavy atom. The summed E-state index contributed by atoms with van der Waals surface area (Å²) in [6.45, 7) is 22.7. The maximum absolute atomic E-state index is 12.2. The minimum absolute atomic E-state index is 0.00881. The van der Waals surface area contributed by atoms with Crippen molar-refractivity contribution in [1.29, 1.82) is 0 Å². The predicted octanol–water partition coefficient (Wildman–Crippen LogP) is 2.65. The molecule has 3 saturated heterocycles. The lowest BCUT2D eigenvalue weighted by atomic mass is 9.93. The van der Waals surface area contributed by atoms with Gasteiger partial charge < -0.3 is 45.9 Å². The van der Waals surface area contributed by atoms with Gasteiger partial charge in [-0.2, -0.15) is 0 Å². The molecule has 0 aliphatic carbocycles. The minimum Gasteiger partial charge on any atom is -0.352 e. The van der Waals surface area contributed by atoms with Crippen LogP contribution in [0.1, 0.15) is 150 Å². The van der Waals surface area contributed by atoms with Crippen LogP contribution in [0, 0.1) is 0 Å². The Morgan fingerprint density at radius 1 is 0.650 bits per heavy atom. The monoisotopic (exact) mass is 840 g/mol. The Bertz CT molecular complexity index is 1710. The van der Waals surface area contributed by atoms with Crippen molar-refractivity contribution in [3.8, 4) is 0 Å². The van der Waals surface area contributed by atoms with Crippen LogP contribution in [0.4, 0.5) is 0 Å². The highest BCUT2D eigenvalue weighted by Gasteiger charge is 2.35. The van der Waals surface area contributed by atoms with E-state index in [4.69, 9.17) is 0 Å². The van der Waals surface area contributed by atoms with Crippen LogP contribution in [0.5, 0.6) is 0 Å². The zero-order valence-electron chi connectivity index (χ0n) is 37.5. The molecule has 334 valence electrons. The first-order valence-electron chi connectivity index (χ1n) is 21.0. The number of likely N-dealkylation sites (tertiary alicyclic amines) is 3. The van der Waals surface area contributed by atoms with E-state index in [9.17, 15) is 33.6 Å². The number of carbonyl (C=O) groups excluding carboxylic acids is 7. The zero-order valence-corrected chi connectivity index (χ0v) is 37.5. The van der Waals surface area contributed by atoms with Crippen LogP contribution in [0.15, 0.2) is 12.4 Å². The number of carbonyl (C=O) groups is 7. The summed E-state index contributed by atoms with van der Waals surface area (Å²) in [7, 11) is 0. The molecule has 3 atom stereocenters. The third-order valence-corrected chi connectivity index (χ3v) is 10.3. The SMILES string of the molecule is CC(=O)NCC(=O)N1CCCC1C(=O)NC(C)C.CC(=O)NCC(=O)N1CCCC1c1cnc(C(C)(C)C)[nH]1.CC(=O)NCC(=O)N1CCCC1c1ncc(C(C)(C)C)[nH]1. The summed E-state index contributed by atoms with van der Waals surface area (Å²) in [4.78, 5) is 102. The lowest BCUT2D eigenvalue weighted by Crippen LogP contribution is -2.50. The number of rotatable bonds is 10. The second-order valence-corrected chi connectivity index (χ2v) is 18.0. The molecular weight excluding hydrogens is 771 g/mol. The Morgan fingerprint density at radius 2 is 1.12 bits per heavy atom. The van der Waals surface area contributed by atoms with Gasteiger partial charge in [-0.1, -0.05) is 41.5 Å². The highest BCUT2D eigenvalue weighted by Crippen LogP contribution is 2.33. The normalized spacial score (nSPS) is 18.9. The number of nitrogens with zero attached hydrogens (tertiary/aromatic N) is 5. The summed E-state index contributed by atoms with van der Waals surface area (Å²) >= 11 is 0. The van der Waals surface area contributed by atoms with Gasteiger partial charge >= 0.3 is 0 Å². The van der Waals surface area contributed by atoms with E-state index < -0.39 is 6.04 Å². The molecule has 0 spiro atoms. The number of hydrogen-bond acceptors (Lipinski definition) is 9. The maximum Gasteiger partial charge on any atom is 0.243 e. The first-order valence-corrected chi connectivity index (χ1v) is 21.0. The fourth-order valence-corrected chi connectivity index (χ4v) is 7.13. The van der Waals surface area contributed by atoms with E-state index in [1.54, 1.807) is 9.80 Å². The number of aromatic amines is 2. The average Bonchev–Trinajstić information content (AvgIpc) is 3.99. The predicted molar refractivity (Wildman–Crippen MR) is 226 cm³/mol. The minimum atomic E-state index is -0.395. The number of amides is 7. The fourth-order valence-electron chi connectivity index (χ4n) is 7.13. The van der Waals surface area contributed by atoms with Crippen LogP contribution in [0.25, 0.3) is 0 Å². The summed E-state index contributed by atoms with van der Waals surface area (Å²) in [5.41, 5.74) is 2.02. The van der Waals surface area contributed by atoms with Gasteiger partial charge in [0, 0.05) is 69.2 Å². The number of H-pyrrole nitrogens is 2. The second-order valence-electron chi connectivity index (χ2n) is 18.0. The summed E-state index contributed by atoms with van der Waals surface area (Å²) in [6, 6.07) is -0.309. The largest absolute Gasteiger partial charge is 0.352 e. The van der Waals surface area contributed by atoms with E-state index in [0.29, 0.717) is 19.5 Å². The molecule has 6 N–H and O–H groups in total. The smallest absolute Gasteiger partial charge is 0.243 e. The lowest BCUT2D eigenvalue weighted by molar-refractivity contribution is -0.138. The molecule has 0 radical (unpaired) electrons. The molecule has 0 aromatic carbocycles. The van der Waals surface area contributed by atoms with E-state index in [2.05, 4.69) is 82.7 Å². The van der Waals surface area contributed by atoms with E-state index >= 15 is 0 Å². The van der Waals surface area contributed by atoms with Gasteiger partial charge in [0.2, 0.25) is 41.4 Å². The molecule has 18 nitrogen and oxygen atoms in total. The van der Waals surface area contributed by atoms with Gasteiger partial charge in [0.15, 0.2) is 0 Å². The third-order valence-electron chi connectivity index (χ3n) is 10.3. The van der Waals surface area contributed by atoms with Gasteiger partial charge in [-0.15, -0.1) is 0 Å². The molecular formula is C42H69N11O7. The molecule has 5 rings (SSSR count). The standard InChI is InChI=1S/2C15H24N4O2.C12H21N3O3/c1-10(20)16-9-13(21)19-7-5-6-12(19)11-8-17-14(18-11)15(2,3)4;1-10(20)16-9-13(21)19-7-5-6-11(19)14-17-8-12(18-14)15(2,3)4;1-8(2)14-12(18)10-5-4-6-15(10)11(17)7-13-9(3)16/h8,12H,5-7,9H2,1-4H3,(H,16,20)(H,17,18);8,11H,5-7,9H2,1-4H3,(H,16,20)(H,17,18);8,10H,4-7H2,1-3H3,(H,13,16)(H,14,18). The molecule has 3 aliphatic rings. The van der Waals surface area contributed by atoms with Gasteiger partial charge in [0.1, 0.15) is 17.7 Å². The summed E-state index contributed by atoms with van der Waals surface area (Å²) in [5, 5.41) is 10.4. The van der Waals surface area contributed by atoms with E-state index in [-0.39, 0.29) is 89.9 Å². The van der Waals surface area contributed by atoms with Crippen LogP contribution in [-0.2, 0) is 44.4 Å². The highest BCUT2D eigenvalue weighted by molar-refractivity contribution is 5.90. The summed E-state index contributed by atoms with van der Waals surface area (Å²) < 4.78 is 0. The number of nitrogens with one attached hydrogen (secondary N) is 6. The van der Waals surface area contributed by atoms with Gasteiger partial charge in [0.05, 0.1) is 43.6 Å². The summed E-state index contributed by atoms with van der Waals surface area (Å²) in [6.07, 6.45) is 8.95. The van der Waals surface area contributed by atoms with Crippen molar-refractivity contribution in [2.24, 2.45) is 0 Å². The van der Waals surface area contributed by atoms with Crippen molar-refractivity contribution in [2.75, 3.05) is 39.3 Å². The molecule has 0 saturated carbocycles. The van der Waals surface area contributed by atoms with E-state index in [1.807, 2.05) is 31.1 Å². The van der Waals surface area contributed by atoms with Crippen LogP contribution >= 0.6 is 0 Å². The van der Waals surface area contributed by atoms with Crippen molar-refractivity contribution in [3.05, 3.63) is 35.4 Å². The molecule has 18 heteroatoms. The van der Waals surface area contributed by atoms with Gasteiger partial charge in [-0.25, -0.2) is 9.97 Å². The Labute approximate surface area is 354 Å². The number of imidazole rings is 2. The molecule has 7 amide bonds. The number of hydrogen-bond donors (Lipinski definition) is 6. The molecule has 3 unspecified atom stereocenters. The first-order chi connectivity index (χ1) is 28.0. The van der Waals surface area contributed by atoms with Crippen molar-refractivity contribution < 1.29 is 33.6 Å². The van der Waals surface area contributed by atoms with Crippen molar-refractivity contribution in [1.82, 2.24) is 55.9 Å². The molecule has 3 fully saturated rings. The third kappa shape index (κ3) is 14.8. The molecule has 5 heterocycles. The molecule has 60 heavy (non-hydrogen) atoms. The van der Waals surface area contributed by atoms with Crippen LogP contribution < -0.4 is 21.3 Å². The van der Waals surface area contributed by atoms with E-state index in [1.165, 1.54) is 20.8 Å². The van der Waals surface area contributed by atoms with Gasteiger partial charge in [-0.3, -0.25) is 33.6 Å². The topological polar surface area (TPSA) is 235 Å². The van der Waals surface area contributed by atoms with Gasteiger partial charge in [0.25, 0.3) is 0 Å². The molecule has 3 aliphatic heterocycles. The van der Waals surface area contributed by atoms with Crippen LogP contribution in [0.2, 0.25) is 0 Å². The van der Waals surface area contributed by atoms with Gasteiger partial charge in [-0.05, 0) is 52.4 Å². The van der Waals surface area contributed by atoms with Crippen LogP contribution in [0.3, 0.4) is 0 Å². The maximum atomic E-state index is 12.2. The number of aromatic nitrogens is 4. The van der Waals surface area contributed by atoms with Crippen molar-refractivity contribution >= 4 is 41.4 Å². The Balaban J connectivity index is 0.000000241. The highest BCUT2D eigenvalue weighted by atomic mass is 16.2. The fraction of sp³-hybridized carbons (Fsp3) is 0.690.